The van der Waals surface area contributed by atoms with Gasteiger partial charge in [-0.1, -0.05) is 12.1 Å². The summed E-state index contributed by atoms with van der Waals surface area (Å²) in [5.41, 5.74) is 6.81. The molecule has 4 bridgehead atoms. The lowest BCUT2D eigenvalue weighted by Crippen LogP contribution is -2.60. The minimum atomic E-state index is -0.365. The molecule has 5 aliphatic rings. The predicted molar refractivity (Wildman–Crippen MR) is 137 cm³/mol. The molecule has 5 fully saturated rings. The molecule has 8 nitrogen and oxygen atoms in total. The van der Waals surface area contributed by atoms with Gasteiger partial charge in [0.2, 0.25) is 17.8 Å². The van der Waals surface area contributed by atoms with E-state index in [-0.39, 0.29) is 17.7 Å². The molecule has 7 rings (SSSR count). The van der Waals surface area contributed by atoms with Gasteiger partial charge in [0.15, 0.2) is 0 Å². The number of rotatable bonds is 8. The Labute approximate surface area is 213 Å². The molecular weight excluding hydrogens is 508 g/mol. The number of aromatic nitrogens is 2. The van der Waals surface area contributed by atoms with E-state index in [0.29, 0.717) is 41.7 Å². The molecule has 2 atom stereocenters. The molecular formula is C26H31BrN6O2. The zero-order valence-electron chi connectivity index (χ0n) is 19.6. The van der Waals surface area contributed by atoms with Crippen molar-refractivity contribution >= 4 is 45.2 Å². The standard InChI is InChI=1S/C26H31BrN6O2/c27-20-13-29-25(31-19-3-1-2-14(8-19)9-21(28)34)33-23(20)32-22-16-6-15-7-17(22)12-26(10-15,11-16)24(35)30-18-4-5-18/h1-3,8,13,15-18,22H,4-7,9-12H2,(H2,28,34)(H,30,35)(H2,29,31,32,33)/t15?,16?,17?,22-,26+. The van der Waals surface area contributed by atoms with Crippen molar-refractivity contribution in [2.75, 3.05) is 10.6 Å². The van der Waals surface area contributed by atoms with E-state index in [1.54, 1.807) is 6.20 Å². The van der Waals surface area contributed by atoms with E-state index in [9.17, 15) is 9.59 Å². The van der Waals surface area contributed by atoms with Crippen LogP contribution in [0.5, 0.6) is 0 Å². The fourth-order valence-electron chi connectivity index (χ4n) is 6.88. The zero-order chi connectivity index (χ0) is 24.2. The van der Waals surface area contributed by atoms with E-state index < -0.39 is 0 Å². The first-order chi connectivity index (χ1) is 16.9. The molecule has 9 heteroatoms. The lowest BCUT2D eigenvalue weighted by atomic mass is 9.47. The second-order valence-electron chi connectivity index (χ2n) is 11.0. The quantitative estimate of drug-likeness (QED) is 0.404. The highest BCUT2D eigenvalue weighted by Crippen LogP contribution is 2.60. The number of nitrogens with one attached hydrogen (secondary N) is 3. The van der Waals surface area contributed by atoms with E-state index in [2.05, 4.69) is 36.9 Å². The summed E-state index contributed by atoms with van der Waals surface area (Å²) in [6.45, 7) is 0. The Bertz CT molecular complexity index is 1150. The van der Waals surface area contributed by atoms with Gasteiger partial charge in [-0.3, -0.25) is 9.59 Å². The third-order valence-electron chi connectivity index (χ3n) is 8.28. The van der Waals surface area contributed by atoms with E-state index in [1.165, 1.54) is 12.8 Å². The van der Waals surface area contributed by atoms with Crippen molar-refractivity contribution in [3.63, 3.8) is 0 Å². The number of hydrogen-bond acceptors (Lipinski definition) is 6. The SMILES string of the molecule is NC(=O)Cc1cccc(Nc2ncc(Br)c(N[C@H]3C4CC5CC3C[C@@](C(=O)NC3CC3)(C5)C4)n2)c1. The second kappa shape index (κ2) is 8.76. The summed E-state index contributed by atoms with van der Waals surface area (Å²) in [6.07, 6.45) is 9.59. The fourth-order valence-corrected chi connectivity index (χ4v) is 7.19. The van der Waals surface area contributed by atoms with Crippen LogP contribution in [0, 0.1) is 23.2 Å². The van der Waals surface area contributed by atoms with Gasteiger partial charge in [0.25, 0.3) is 0 Å². The molecule has 5 aliphatic carbocycles. The maximum Gasteiger partial charge on any atom is 0.229 e. The number of anilines is 3. The molecule has 0 radical (unpaired) electrons. The van der Waals surface area contributed by atoms with Crippen molar-refractivity contribution in [2.24, 2.45) is 28.9 Å². The second-order valence-corrected chi connectivity index (χ2v) is 11.9. The predicted octanol–water partition coefficient (Wildman–Crippen LogP) is 3.90. The molecule has 2 amide bonds. The Hall–Kier alpha value is -2.68. The first-order valence-corrected chi connectivity index (χ1v) is 13.4. The van der Waals surface area contributed by atoms with Crippen LogP contribution in [0.1, 0.15) is 50.5 Å². The minimum absolute atomic E-state index is 0.164. The van der Waals surface area contributed by atoms with Crippen LogP contribution in [0.3, 0.4) is 0 Å². The molecule has 35 heavy (non-hydrogen) atoms. The van der Waals surface area contributed by atoms with Crippen LogP contribution in [0.15, 0.2) is 34.9 Å². The number of benzene rings is 1. The number of primary amides is 1. The number of amides is 2. The Balaban J connectivity index is 1.17. The summed E-state index contributed by atoms with van der Waals surface area (Å²) in [4.78, 5) is 33.6. The van der Waals surface area contributed by atoms with Gasteiger partial charge in [0, 0.05) is 24.0 Å². The average molecular weight is 539 g/mol. The van der Waals surface area contributed by atoms with Crippen LogP contribution >= 0.6 is 15.9 Å². The summed E-state index contributed by atoms with van der Waals surface area (Å²) in [6, 6.07) is 8.27. The van der Waals surface area contributed by atoms with E-state index in [4.69, 9.17) is 10.7 Å². The van der Waals surface area contributed by atoms with Gasteiger partial charge < -0.3 is 21.7 Å². The highest BCUT2D eigenvalue weighted by Gasteiger charge is 2.58. The Morgan fingerprint density at radius 1 is 1.14 bits per heavy atom. The molecule has 1 heterocycles. The van der Waals surface area contributed by atoms with Gasteiger partial charge in [0.1, 0.15) is 5.82 Å². The van der Waals surface area contributed by atoms with Crippen molar-refractivity contribution < 1.29 is 9.59 Å². The fraction of sp³-hybridized carbons (Fsp3) is 0.538. The number of hydrogen-bond donors (Lipinski definition) is 4. The van der Waals surface area contributed by atoms with Crippen molar-refractivity contribution in [2.45, 2.75) is 63.5 Å². The Morgan fingerprint density at radius 3 is 2.63 bits per heavy atom. The normalized spacial score (nSPS) is 30.7. The molecule has 5 saturated carbocycles. The van der Waals surface area contributed by atoms with Crippen LogP contribution < -0.4 is 21.7 Å². The summed E-state index contributed by atoms with van der Waals surface area (Å²) in [5, 5.41) is 10.3. The van der Waals surface area contributed by atoms with Crippen LogP contribution in [-0.2, 0) is 16.0 Å². The molecule has 0 saturated heterocycles. The number of nitrogens with zero attached hydrogens (tertiary/aromatic N) is 2. The maximum absolute atomic E-state index is 13.2. The topological polar surface area (TPSA) is 122 Å². The van der Waals surface area contributed by atoms with E-state index in [0.717, 1.165) is 53.6 Å². The molecule has 0 aliphatic heterocycles. The monoisotopic (exact) mass is 538 g/mol. The molecule has 2 aromatic rings. The smallest absolute Gasteiger partial charge is 0.229 e. The number of halogens is 1. The average Bonchev–Trinajstić information content (AvgIpc) is 3.62. The highest BCUT2D eigenvalue weighted by molar-refractivity contribution is 9.10. The van der Waals surface area contributed by atoms with Crippen LogP contribution in [0.2, 0.25) is 0 Å². The highest BCUT2D eigenvalue weighted by atomic mass is 79.9. The van der Waals surface area contributed by atoms with E-state index in [1.807, 2.05) is 24.3 Å². The summed E-state index contributed by atoms with van der Waals surface area (Å²) >= 11 is 3.62. The van der Waals surface area contributed by atoms with Crippen molar-refractivity contribution in [1.82, 2.24) is 15.3 Å². The van der Waals surface area contributed by atoms with Crippen molar-refractivity contribution in [3.8, 4) is 0 Å². The van der Waals surface area contributed by atoms with Crippen LogP contribution in [-0.4, -0.2) is 33.9 Å². The summed E-state index contributed by atoms with van der Waals surface area (Å²) < 4.78 is 0.820. The largest absolute Gasteiger partial charge is 0.369 e. The molecule has 184 valence electrons. The third kappa shape index (κ3) is 4.62. The Morgan fingerprint density at radius 2 is 1.91 bits per heavy atom. The van der Waals surface area contributed by atoms with E-state index >= 15 is 0 Å². The lowest BCUT2D eigenvalue weighted by molar-refractivity contribution is -0.147. The van der Waals surface area contributed by atoms with Gasteiger partial charge in [-0.05, 0) is 96.3 Å². The van der Waals surface area contributed by atoms with Crippen LogP contribution in [0.4, 0.5) is 17.5 Å². The first kappa shape index (κ1) is 22.8. The first-order valence-electron chi connectivity index (χ1n) is 12.6. The molecule has 1 aromatic heterocycles. The third-order valence-corrected chi connectivity index (χ3v) is 8.86. The van der Waals surface area contributed by atoms with Crippen molar-refractivity contribution in [3.05, 3.63) is 40.5 Å². The molecule has 5 N–H and O–H groups in total. The van der Waals surface area contributed by atoms with Gasteiger partial charge in [-0.2, -0.15) is 4.98 Å². The van der Waals surface area contributed by atoms with Gasteiger partial charge in [-0.15, -0.1) is 0 Å². The summed E-state index contributed by atoms with van der Waals surface area (Å²) in [5.74, 6) is 2.82. The number of carbonyl (C=O) groups excluding carboxylic acids is 2. The minimum Gasteiger partial charge on any atom is -0.369 e. The van der Waals surface area contributed by atoms with Crippen LogP contribution in [0.25, 0.3) is 0 Å². The lowest BCUT2D eigenvalue weighted by Gasteiger charge is -2.59. The van der Waals surface area contributed by atoms with Gasteiger partial charge in [0.05, 0.1) is 16.3 Å². The molecule has 1 aromatic carbocycles. The summed E-state index contributed by atoms with van der Waals surface area (Å²) in [7, 11) is 0. The van der Waals surface area contributed by atoms with Gasteiger partial charge >= 0.3 is 0 Å². The molecule has 2 unspecified atom stereocenters. The molecule has 0 spiro atoms. The number of carbonyl (C=O) groups is 2. The van der Waals surface area contributed by atoms with Gasteiger partial charge in [-0.25, -0.2) is 4.98 Å². The maximum atomic E-state index is 13.2. The van der Waals surface area contributed by atoms with Crippen molar-refractivity contribution in [1.29, 1.82) is 0 Å². The Kier molecular flexibility index (Phi) is 5.70. The zero-order valence-corrected chi connectivity index (χ0v) is 21.2. The number of nitrogens with two attached hydrogens (primary N) is 1.